The van der Waals surface area contributed by atoms with Gasteiger partial charge in [0, 0.05) is 15.7 Å². The number of esters is 1. The Bertz CT molecular complexity index is 1610. The summed E-state index contributed by atoms with van der Waals surface area (Å²) < 4.78 is 4.99. The Kier molecular flexibility index (Phi) is 8.81. The number of hydrogen-bond acceptors (Lipinski definition) is 5. The molecule has 3 aromatic carbocycles. The van der Waals surface area contributed by atoms with Crippen LogP contribution in [0.1, 0.15) is 64.3 Å². The molecule has 1 fully saturated rings. The first kappa shape index (κ1) is 28.9. The van der Waals surface area contributed by atoms with Crippen molar-refractivity contribution >= 4 is 59.2 Å². The van der Waals surface area contributed by atoms with Crippen molar-refractivity contribution in [2.75, 3.05) is 7.11 Å². The fraction of sp³-hybridized carbons (Fsp3) is 0.265. The van der Waals surface area contributed by atoms with Crippen LogP contribution in [0.5, 0.6) is 0 Å². The highest BCUT2D eigenvalue weighted by atomic mass is 35.5. The summed E-state index contributed by atoms with van der Waals surface area (Å²) in [6.45, 7) is 0. The van der Waals surface area contributed by atoms with E-state index in [1.807, 2.05) is 72.8 Å². The van der Waals surface area contributed by atoms with E-state index in [2.05, 4.69) is 12.1 Å². The van der Waals surface area contributed by atoms with Crippen LogP contribution < -0.4 is 0 Å². The number of thiol groups is 1. The second kappa shape index (κ2) is 12.5. The molecule has 1 heterocycles. The molecule has 1 unspecified atom stereocenters. The molecule has 4 aromatic rings. The number of carboxylic acids is 1. The van der Waals surface area contributed by atoms with Gasteiger partial charge in [0.15, 0.2) is 0 Å². The minimum Gasteiger partial charge on any atom is -0.481 e. The molecular formula is C34H32ClNO4S. The number of carbonyl (C=O) groups excluding carboxylic acids is 1. The zero-order valence-corrected chi connectivity index (χ0v) is 24.4. The van der Waals surface area contributed by atoms with Gasteiger partial charge in [-0.3, -0.25) is 4.79 Å². The number of hydrogen-bond donors (Lipinski definition) is 2. The van der Waals surface area contributed by atoms with Crippen LogP contribution in [-0.4, -0.2) is 34.4 Å². The number of pyridine rings is 1. The van der Waals surface area contributed by atoms with Crippen LogP contribution in [0.15, 0.2) is 78.9 Å². The zero-order chi connectivity index (χ0) is 29.0. The normalized spacial score (nSPS) is 15.5. The van der Waals surface area contributed by atoms with Gasteiger partial charge in [0.25, 0.3) is 0 Å². The van der Waals surface area contributed by atoms with E-state index >= 15 is 0 Å². The second-order valence-corrected chi connectivity index (χ2v) is 11.7. The first-order valence-electron chi connectivity index (χ1n) is 13.7. The zero-order valence-electron chi connectivity index (χ0n) is 22.8. The monoisotopic (exact) mass is 585 g/mol. The predicted octanol–water partition coefficient (Wildman–Crippen LogP) is 8.11. The standard InChI is InChI=1S/C34H32ClNO4S/c1-40-33(39)29-8-3-2-6-23(29)12-16-28(32(41)34(17-18-34)21-31(37)38)25-7-4-5-22(19-25)9-14-27-15-11-24-10-13-26(35)20-30(24)36-27/h2-11,13-15,19-20,28,32,41H,12,16-18,21H2,1H3,(H,37,38)/b14-9+/t28-,32?/m1/s1. The summed E-state index contributed by atoms with van der Waals surface area (Å²) >= 11 is 11.2. The van der Waals surface area contributed by atoms with Crippen LogP contribution in [0.25, 0.3) is 23.1 Å². The van der Waals surface area contributed by atoms with E-state index < -0.39 is 5.97 Å². The number of aromatic nitrogens is 1. The summed E-state index contributed by atoms with van der Waals surface area (Å²) in [6, 6.07) is 25.4. The van der Waals surface area contributed by atoms with Crippen molar-refractivity contribution in [1.29, 1.82) is 0 Å². The van der Waals surface area contributed by atoms with Crippen molar-refractivity contribution in [3.8, 4) is 0 Å². The Hall–Kier alpha value is -3.61. The number of ether oxygens (including phenoxy) is 1. The predicted molar refractivity (Wildman–Crippen MR) is 168 cm³/mol. The molecule has 5 nitrogen and oxygen atoms in total. The number of rotatable bonds is 11. The van der Waals surface area contributed by atoms with Crippen molar-refractivity contribution < 1.29 is 19.4 Å². The number of fused-ring (bicyclic) bond motifs is 1. The molecule has 2 atom stereocenters. The lowest BCUT2D eigenvalue weighted by Gasteiger charge is -2.31. The number of nitrogens with zero attached hydrogens (tertiary/aromatic N) is 1. The minimum absolute atomic E-state index is 0.0137. The average Bonchev–Trinajstić information content (AvgIpc) is 3.75. The maximum atomic E-state index is 12.4. The molecular weight excluding hydrogens is 554 g/mol. The van der Waals surface area contributed by atoms with Crippen molar-refractivity contribution in [2.24, 2.45) is 5.41 Å². The summed E-state index contributed by atoms with van der Waals surface area (Å²) in [5.74, 6) is -1.17. The fourth-order valence-corrected chi connectivity index (χ4v) is 6.44. The van der Waals surface area contributed by atoms with Crippen LogP contribution in [-0.2, 0) is 16.0 Å². The summed E-state index contributed by atoms with van der Waals surface area (Å²) in [5, 5.41) is 11.2. The van der Waals surface area contributed by atoms with Crippen LogP contribution in [0.3, 0.4) is 0 Å². The highest BCUT2D eigenvalue weighted by molar-refractivity contribution is 7.81. The number of carboxylic acid groups (broad SMARTS) is 1. The van der Waals surface area contributed by atoms with Crippen molar-refractivity contribution in [2.45, 2.75) is 43.3 Å². The molecule has 1 aliphatic rings. The second-order valence-electron chi connectivity index (χ2n) is 10.7. The largest absolute Gasteiger partial charge is 0.481 e. The highest BCUT2D eigenvalue weighted by Crippen LogP contribution is 2.58. The summed E-state index contributed by atoms with van der Waals surface area (Å²) in [5.41, 5.74) is 4.91. The van der Waals surface area contributed by atoms with Crippen LogP contribution >= 0.6 is 24.2 Å². The minimum atomic E-state index is -0.794. The van der Waals surface area contributed by atoms with E-state index in [0.717, 1.165) is 46.1 Å². The average molecular weight is 586 g/mol. The van der Waals surface area contributed by atoms with Crippen molar-refractivity contribution in [3.63, 3.8) is 0 Å². The molecule has 7 heteroatoms. The molecule has 1 aliphatic carbocycles. The molecule has 210 valence electrons. The van der Waals surface area contributed by atoms with E-state index in [0.29, 0.717) is 23.4 Å². The van der Waals surface area contributed by atoms with Gasteiger partial charge in [0.05, 0.1) is 30.3 Å². The van der Waals surface area contributed by atoms with Crippen molar-refractivity contribution in [1.82, 2.24) is 4.98 Å². The maximum Gasteiger partial charge on any atom is 0.338 e. The van der Waals surface area contributed by atoms with E-state index in [1.165, 1.54) is 7.11 Å². The third-order valence-corrected chi connectivity index (χ3v) is 9.16. The van der Waals surface area contributed by atoms with Gasteiger partial charge in [-0.2, -0.15) is 12.6 Å². The Morgan fingerprint density at radius 2 is 1.83 bits per heavy atom. The Balaban J connectivity index is 1.43. The van der Waals surface area contributed by atoms with E-state index in [-0.39, 0.29) is 29.0 Å². The molecule has 1 saturated carbocycles. The molecule has 0 spiro atoms. The number of halogens is 1. The van der Waals surface area contributed by atoms with Gasteiger partial charge in [-0.05, 0) is 84.0 Å². The molecule has 0 saturated heterocycles. The van der Waals surface area contributed by atoms with Gasteiger partial charge in [-0.15, -0.1) is 0 Å². The highest BCUT2D eigenvalue weighted by Gasteiger charge is 2.51. The van der Waals surface area contributed by atoms with Crippen LogP contribution in [0.2, 0.25) is 5.02 Å². The molecule has 1 N–H and O–H groups in total. The topological polar surface area (TPSA) is 76.5 Å². The lowest BCUT2D eigenvalue weighted by molar-refractivity contribution is -0.138. The van der Waals surface area contributed by atoms with Gasteiger partial charge < -0.3 is 9.84 Å². The molecule has 0 aliphatic heterocycles. The quantitative estimate of drug-likeness (QED) is 0.137. The van der Waals surface area contributed by atoms with Gasteiger partial charge in [0.2, 0.25) is 0 Å². The molecule has 41 heavy (non-hydrogen) atoms. The maximum absolute atomic E-state index is 12.4. The Morgan fingerprint density at radius 1 is 1.05 bits per heavy atom. The number of methoxy groups -OCH3 is 1. The molecule has 0 bridgehead atoms. The number of aryl methyl sites for hydroxylation is 1. The van der Waals surface area contributed by atoms with Gasteiger partial charge in [0.1, 0.15) is 0 Å². The van der Waals surface area contributed by atoms with E-state index in [9.17, 15) is 14.7 Å². The first-order chi connectivity index (χ1) is 19.8. The molecule has 1 aromatic heterocycles. The molecule has 0 amide bonds. The van der Waals surface area contributed by atoms with Gasteiger partial charge in [-0.25, -0.2) is 9.78 Å². The number of carbonyl (C=O) groups is 2. The van der Waals surface area contributed by atoms with E-state index in [4.69, 9.17) is 34.0 Å². The van der Waals surface area contributed by atoms with Gasteiger partial charge in [-0.1, -0.05) is 72.3 Å². The Morgan fingerprint density at radius 3 is 2.59 bits per heavy atom. The summed E-state index contributed by atoms with van der Waals surface area (Å²) in [7, 11) is 1.38. The summed E-state index contributed by atoms with van der Waals surface area (Å²) in [4.78, 5) is 28.8. The van der Waals surface area contributed by atoms with Crippen LogP contribution in [0, 0.1) is 5.41 Å². The lowest BCUT2D eigenvalue weighted by atomic mass is 9.80. The number of aliphatic carboxylic acids is 1. The fourth-order valence-electron chi connectivity index (χ4n) is 5.60. The van der Waals surface area contributed by atoms with Crippen LogP contribution in [0.4, 0.5) is 0 Å². The molecule has 5 rings (SSSR count). The first-order valence-corrected chi connectivity index (χ1v) is 14.6. The lowest BCUT2D eigenvalue weighted by Crippen LogP contribution is -2.27. The third-order valence-electron chi connectivity index (χ3n) is 8.01. The Labute approximate surface area is 250 Å². The third kappa shape index (κ3) is 6.83. The van der Waals surface area contributed by atoms with Gasteiger partial charge >= 0.3 is 11.9 Å². The SMILES string of the molecule is COC(=O)c1ccccc1CC[C@H](c1cccc(/C=C/c2ccc3ccc(Cl)cc3n2)c1)C(S)C1(CC(=O)O)CC1. The summed E-state index contributed by atoms with van der Waals surface area (Å²) in [6.07, 6.45) is 7.16. The van der Waals surface area contributed by atoms with Crippen molar-refractivity contribution in [3.05, 3.63) is 112 Å². The molecule has 0 radical (unpaired) electrons. The number of benzene rings is 3. The smallest absolute Gasteiger partial charge is 0.338 e. The van der Waals surface area contributed by atoms with E-state index in [1.54, 1.807) is 6.07 Å².